The average molecular weight is 277 g/mol. The van der Waals surface area contributed by atoms with Crippen LogP contribution in [0.3, 0.4) is 0 Å². The van der Waals surface area contributed by atoms with Crippen LogP contribution >= 0.6 is 22.9 Å². The molecule has 18 heavy (non-hydrogen) atoms. The fourth-order valence-corrected chi connectivity index (χ4v) is 2.70. The minimum Gasteiger partial charge on any atom is -0.382 e. The third-order valence-electron chi connectivity index (χ3n) is 2.62. The summed E-state index contributed by atoms with van der Waals surface area (Å²) >= 11 is 7.71. The number of rotatable bonds is 4. The highest BCUT2D eigenvalue weighted by Crippen LogP contribution is 2.21. The quantitative estimate of drug-likeness (QED) is 0.903. The lowest BCUT2D eigenvalue weighted by molar-refractivity contribution is 0.793. The van der Waals surface area contributed by atoms with Crippen molar-refractivity contribution >= 4 is 28.6 Å². The first-order valence-electron chi connectivity index (χ1n) is 5.66. The van der Waals surface area contributed by atoms with E-state index < -0.39 is 0 Å². The van der Waals surface area contributed by atoms with Crippen molar-refractivity contribution in [3.05, 3.63) is 51.2 Å². The monoisotopic (exact) mass is 276 g/mol. The summed E-state index contributed by atoms with van der Waals surface area (Å²) in [4.78, 5) is 0. The van der Waals surface area contributed by atoms with Gasteiger partial charge in [-0.25, -0.2) is 0 Å². The highest BCUT2D eigenvalue weighted by Gasteiger charge is 2.06. The third-order valence-corrected chi connectivity index (χ3v) is 3.67. The second kappa shape index (κ2) is 5.90. The molecule has 2 rings (SSSR count). The zero-order chi connectivity index (χ0) is 13.0. The highest BCUT2D eigenvalue weighted by molar-refractivity contribution is 7.07. The Bertz CT molecular complexity index is 558. The molecular weight excluding hydrogens is 264 g/mol. The van der Waals surface area contributed by atoms with Crippen molar-refractivity contribution < 1.29 is 0 Å². The number of anilines is 1. The Morgan fingerprint density at radius 3 is 2.89 bits per heavy atom. The average Bonchev–Trinajstić information content (AvgIpc) is 2.82. The Kier molecular flexibility index (Phi) is 4.24. The van der Waals surface area contributed by atoms with Gasteiger partial charge in [-0.3, -0.25) is 0 Å². The van der Waals surface area contributed by atoms with Gasteiger partial charge in [0.1, 0.15) is 6.07 Å². The molecule has 1 N–H and O–H groups in total. The van der Waals surface area contributed by atoms with Crippen molar-refractivity contribution in [1.29, 1.82) is 5.26 Å². The van der Waals surface area contributed by atoms with Crippen molar-refractivity contribution in [2.75, 3.05) is 5.32 Å². The summed E-state index contributed by atoms with van der Waals surface area (Å²) in [6.07, 6.45) is 0.973. The normalized spacial score (nSPS) is 11.8. The van der Waals surface area contributed by atoms with Crippen LogP contribution in [0.1, 0.15) is 18.1 Å². The van der Waals surface area contributed by atoms with E-state index in [0.717, 1.165) is 12.1 Å². The number of nitriles is 1. The smallest absolute Gasteiger partial charge is 0.101 e. The van der Waals surface area contributed by atoms with Gasteiger partial charge in [0.2, 0.25) is 0 Å². The fraction of sp³-hybridized carbons (Fsp3) is 0.214. The van der Waals surface area contributed by atoms with Gasteiger partial charge in [0.15, 0.2) is 0 Å². The summed E-state index contributed by atoms with van der Waals surface area (Å²) in [7, 11) is 0. The molecule has 1 aromatic heterocycles. The number of benzene rings is 1. The molecule has 4 heteroatoms. The van der Waals surface area contributed by atoms with E-state index in [9.17, 15) is 0 Å². The molecule has 2 aromatic rings. The second-order valence-electron chi connectivity index (χ2n) is 4.19. The predicted molar refractivity (Wildman–Crippen MR) is 77.3 cm³/mol. The van der Waals surface area contributed by atoms with E-state index in [-0.39, 0.29) is 0 Å². The van der Waals surface area contributed by atoms with E-state index in [1.165, 1.54) is 5.56 Å². The van der Waals surface area contributed by atoms with Crippen LogP contribution in [0.15, 0.2) is 35.0 Å². The van der Waals surface area contributed by atoms with E-state index in [2.05, 4.69) is 35.1 Å². The van der Waals surface area contributed by atoms with Crippen LogP contribution in [-0.4, -0.2) is 6.04 Å². The molecule has 0 aliphatic heterocycles. The van der Waals surface area contributed by atoms with Crippen molar-refractivity contribution in [1.82, 2.24) is 0 Å². The largest absolute Gasteiger partial charge is 0.382 e. The minimum atomic E-state index is 0.323. The molecule has 2 nitrogen and oxygen atoms in total. The van der Waals surface area contributed by atoms with Gasteiger partial charge in [-0.15, -0.1) is 0 Å². The molecule has 1 unspecified atom stereocenters. The Balaban J connectivity index is 2.01. The number of nitrogens with zero attached hydrogens (tertiary/aromatic N) is 1. The van der Waals surface area contributed by atoms with E-state index in [1.54, 1.807) is 23.5 Å². The van der Waals surface area contributed by atoms with Gasteiger partial charge in [0.25, 0.3) is 0 Å². The summed E-state index contributed by atoms with van der Waals surface area (Å²) in [5, 5.41) is 16.9. The lowest BCUT2D eigenvalue weighted by Crippen LogP contribution is -2.17. The molecule has 0 amide bonds. The third kappa shape index (κ3) is 3.25. The van der Waals surface area contributed by atoms with Gasteiger partial charge in [-0.05, 0) is 53.9 Å². The molecule has 1 atom stereocenters. The van der Waals surface area contributed by atoms with Gasteiger partial charge in [-0.1, -0.05) is 11.6 Å². The second-order valence-corrected chi connectivity index (χ2v) is 5.37. The number of hydrogen-bond acceptors (Lipinski definition) is 3. The highest BCUT2D eigenvalue weighted by atomic mass is 35.5. The van der Waals surface area contributed by atoms with Crippen molar-refractivity contribution in [3.63, 3.8) is 0 Å². The van der Waals surface area contributed by atoms with E-state index >= 15 is 0 Å². The van der Waals surface area contributed by atoms with Gasteiger partial charge in [0.05, 0.1) is 10.6 Å². The van der Waals surface area contributed by atoms with Crippen molar-refractivity contribution in [2.45, 2.75) is 19.4 Å². The molecule has 0 bridgehead atoms. The van der Waals surface area contributed by atoms with Gasteiger partial charge in [0, 0.05) is 11.7 Å². The first-order chi connectivity index (χ1) is 8.69. The fourth-order valence-electron chi connectivity index (χ4n) is 1.79. The standard InChI is InChI=1S/C14H13ClN2S/c1-10(6-11-4-5-18-9-11)17-13-3-2-12(8-16)14(15)7-13/h2-5,7,9-10,17H,6H2,1H3. The molecule has 0 saturated carbocycles. The van der Waals surface area contributed by atoms with Crippen LogP contribution in [0.5, 0.6) is 0 Å². The lowest BCUT2D eigenvalue weighted by Gasteiger charge is -2.15. The molecular formula is C14H13ClN2S. The molecule has 1 aromatic carbocycles. The summed E-state index contributed by atoms with van der Waals surface area (Å²) in [6, 6.07) is 9.93. The van der Waals surface area contributed by atoms with Crippen LogP contribution in [0, 0.1) is 11.3 Å². The summed E-state index contributed by atoms with van der Waals surface area (Å²) in [5.74, 6) is 0. The van der Waals surface area contributed by atoms with E-state index in [0.29, 0.717) is 16.6 Å². The number of halogens is 1. The Morgan fingerprint density at radius 2 is 2.28 bits per heavy atom. The molecule has 0 fully saturated rings. The number of nitrogens with one attached hydrogen (secondary N) is 1. The van der Waals surface area contributed by atoms with E-state index in [4.69, 9.17) is 16.9 Å². The topological polar surface area (TPSA) is 35.8 Å². The molecule has 92 valence electrons. The number of thiophene rings is 1. The summed E-state index contributed by atoms with van der Waals surface area (Å²) < 4.78 is 0. The predicted octanol–water partition coefficient (Wildman–Crippen LogP) is 4.32. The Labute approximate surface area is 116 Å². The molecule has 0 spiro atoms. The van der Waals surface area contributed by atoms with Gasteiger partial charge >= 0.3 is 0 Å². The van der Waals surface area contributed by atoms with Gasteiger partial charge in [-0.2, -0.15) is 16.6 Å². The zero-order valence-electron chi connectivity index (χ0n) is 9.98. The first kappa shape index (κ1) is 12.9. The summed E-state index contributed by atoms with van der Waals surface area (Å²) in [6.45, 7) is 2.13. The van der Waals surface area contributed by atoms with Crippen LogP contribution < -0.4 is 5.32 Å². The maximum absolute atomic E-state index is 8.81. The van der Waals surface area contributed by atoms with Crippen LogP contribution in [0.2, 0.25) is 5.02 Å². The molecule has 0 aliphatic rings. The Morgan fingerprint density at radius 1 is 1.44 bits per heavy atom. The Hall–Kier alpha value is -1.50. The van der Waals surface area contributed by atoms with Crippen LogP contribution in [0.4, 0.5) is 5.69 Å². The zero-order valence-corrected chi connectivity index (χ0v) is 11.6. The van der Waals surface area contributed by atoms with Crippen molar-refractivity contribution in [2.24, 2.45) is 0 Å². The molecule has 1 heterocycles. The molecule has 0 saturated heterocycles. The number of hydrogen-bond donors (Lipinski definition) is 1. The van der Waals surface area contributed by atoms with Gasteiger partial charge < -0.3 is 5.32 Å². The maximum atomic E-state index is 8.81. The van der Waals surface area contributed by atoms with Crippen LogP contribution in [0.25, 0.3) is 0 Å². The molecule has 0 radical (unpaired) electrons. The minimum absolute atomic E-state index is 0.323. The first-order valence-corrected chi connectivity index (χ1v) is 6.98. The SMILES string of the molecule is CC(Cc1ccsc1)Nc1ccc(C#N)c(Cl)c1. The lowest BCUT2D eigenvalue weighted by atomic mass is 10.1. The maximum Gasteiger partial charge on any atom is 0.101 e. The molecule has 0 aliphatic carbocycles. The van der Waals surface area contributed by atoms with E-state index in [1.807, 2.05) is 6.07 Å². The summed E-state index contributed by atoms with van der Waals surface area (Å²) in [5.41, 5.74) is 2.79. The van der Waals surface area contributed by atoms with Crippen LogP contribution in [-0.2, 0) is 6.42 Å². The van der Waals surface area contributed by atoms with Crippen molar-refractivity contribution in [3.8, 4) is 6.07 Å².